The van der Waals surface area contributed by atoms with Crippen LogP contribution in [0.3, 0.4) is 0 Å². The first-order chi connectivity index (χ1) is 15.1. The van der Waals surface area contributed by atoms with E-state index in [4.69, 9.17) is 14.5 Å². The molecule has 1 aliphatic heterocycles. The maximum atomic E-state index is 6.03. The first-order valence-corrected chi connectivity index (χ1v) is 9.73. The second-order valence-corrected chi connectivity index (χ2v) is 7.45. The average molecular weight is 414 g/mol. The Hall–Kier alpha value is -4.21. The summed E-state index contributed by atoms with van der Waals surface area (Å²) in [7, 11) is 3.53. The molecule has 0 aliphatic carbocycles. The maximum Gasteiger partial charge on any atom is 0.244 e. The SMILES string of the molecule is COc1cccc(-c2nc3c4c(ncn3n2)Oc2n[nH]c(C)c2[C@H]4c2cnn(C)c2)c1. The van der Waals surface area contributed by atoms with E-state index in [0.717, 1.165) is 33.7 Å². The van der Waals surface area contributed by atoms with Crippen LogP contribution >= 0.6 is 0 Å². The second kappa shape index (κ2) is 6.39. The van der Waals surface area contributed by atoms with Gasteiger partial charge in [-0.1, -0.05) is 12.1 Å². The summed E-state index contributed by atoms with van der Waals surface area (Å²) in [6.07, 6.45) is 5.44. The van der Waals surface area contributed by atoms with Crippen molar-refractivity contribution in [3.05, 3.63) is 65.4 Å². The van der Waals surface area contributed by atoms with Crippen molar-refractivity contribution in [1.29, 1.82) is 0 Å². The lowest BCUT2D eigenvalue weighted by molar-refractivity contribution is 0.415. The lowest BCUT2D eigenvalue weighted by Crippen LogP contribution is -2.14. The predicted octanol–water partition coefficient (Wildman–Crippen LogP) is 2.85. The summed E-state index contributed by atoms with van der Waals surface area (Å²) in [6, 6.07) is 7.65. The summed E-state index contributed by atoms with van der Waals surface area (Å²) < 4.78 is 14.8. The quantitative estimate of drug-likeness (QED) is 0.474. The number of nitrogens with zero attached hydrogens (tertiary/aromatic N) is 7. The third kappa shape index (κ3) is 2.61. The number of aromatic nitrogens is 8. The molecule has 0 amide bonds. The Balaban J connectivity index is 1.60. The molecule has 0 saturated heterocycles. The molecule has 1 aliphatic rings. The molecule has 1 N–H and O–H groups in total. The molecular weight excluding hydrogens is 396 g/mol. The van der Waals surface area contributed by atoms with Crippen molar-refractivity contribution in [3.8, 4) is 28.9 Å². The van der Waals surface area contributed by atoms with Gasteiger partial charge in [-0.25, -0.2) is 14.5 Å². The summed E-state index contributed by atoms with van der Waals surface area (Å²) >= 11 is 0. The molecule has 5 heterocycles. The fourth-order valence-corrected chi connectivity index (χ4v) is 4.07. The van der Waals surface area contributed by atoms with E-state index in [1.807, 2.05) is 50.6 Å². The topological polar surface area (TPSA) is 108 Å². The molecule has 0 saturated carbocycles. The highest BCUT2D eigenvalue weighted by Gasteiger charge is 2.37. The summed E-state index contributed by atoms with van der Waals surface area (Å²) in [4.78, 5) is 9.37. The van der Waals surface area contributed by atoms with Crippen molar-refractivity contribution in [3.63, 3.8) is 0 Å². The van der Waals surface area contributed by atoms with E-state index in [1.165, 1.54) is 0 Å². The van der Waals surface area contributed by atoms with Crippen LogP contribution in [0.1, 0.15) is 28.3 Å². The van der Waals surface area contributed by atoms with Crippen molar-refractivity contribution in [2.75, 3.05) is 7.11 Å². The number of hydrogen-bond acceptors (Lipinski definition) is 7. The highest BCUT2D eigenvalue weighted by atomic mass is 16.5. The number of H-pyrrole nitrogens is 1. The van der Waals surface area contributed by atoms with Crippen molar-refractivity contribution in [2.45, 2.75) is 12.8 Å². The van der Waals surface area contributed by atoms with Gasteiger partial charge in [0, 0.05) is 35.6 Å². The van der Waals surface area contributed by atoms with E-state index in [0.29, 0.717) is 23.2 Å². The Labute approximate surface area is 176 Å². The second-order valence-electron chi connectivity index (χ2n) is 7.45. The van der Waals surface area contributed by atoms with Gasteiger partial charge in [-0.05, 0) is 19.1 Å². The smallest absolute Gasteiger partial charge is 0.244 e. The van der Waals surface area contributed by atoms with Crippen LogP contribution in [0.15, 0.2) is 43.0 Å². The molecule has 6 rings (SSSR count). The molecule has 154 valence electrons. The lowest BCUT2D eigenvalue weighted by Gasteiger charge is -2.24. The number of aryl methyl sites for hydroxylation is 2. The van der Waals surface area contributed by atoms with E-state index >= 15 is 0 Å². The Kier molecular flexibility index (Phi) is 3.64. The van der Waals surface area contributed by atoms with Gasteiger partial charge in [0.2, 0.25) is 11.8 Å². The lowest BCUT2D eigenvalue weighted by atomic mass is 9.86. The third-order valence-corrected chi connectivity index (χ3v) is 5.50. The molecule has 0 radical (unpaired) electrons. The Morgan fingerprint density at radius 3 is 2.90 bits per heavy atom. The highest BCUT2D eigenvalue weighted by Crippen LogP contribution is 2.48. The van der Waals surface area contributed by atoms with E-state index in [-0.39, 0.29) is 5.92 Å². The largest absolute Gasteiger partial charge is 0.497 e. The molecular formula is C21H18N8O2. The zero-order valence-corrected chi connectivity index (χ0v) is 17.1. The molecule has 0 spiro atoms. The number of nitrogens with one attached hydrogen (secondary N) is 1. The van der Waals surface area contributed by atoms with Crippen LogP contribution in [0.2, 0.25) is 0 Å². The third-order valence-electron chi connectivity index (χ3n) is 5.50. The summed E-state index contributed by atoms with van der Waals surface area (Å²) in [5.74, 6) is 2.11. The predicted molar refractivity (Wildman–Crippen MR) is 110 cm³/mol. The van der Waals surface area contributed by atoms with Gasteiger partial charge in [0.25, 0.3) is 0 Å². The monoisotopic (exact) mass is 414 g/mol. The average Bonchev–Trinajstić information content (AvgIpc) is 3.51. The van der Waals surface area contributed by atoms with Crippen LogP contribution < -0.4 is 9.47 Å². The minimum Gasteiger partial charge on any atom is -0.497 e. The zero-order chi connectivity index (χ0) is 21.1. The van der Waals surface area contributed by atoms with Gasteiger partial charge in [-0.2, -0.15) is 5.10 Å². The van der Waals surface area contributed by atoms with Crippen molar-refractivity contribution < 1.29 is 9.47 Å². The number of ether oxygens (including phenoxy) is 2. The van der Waals surface area contributed by atoms with Gasteiger partial charge >= 0.3 is 0 Å². The van der Waals surface area contributed by atoms with Crippen molar-refractivity contribution in [1.82, 2.24) is 39.6 Å². The minimum absolute atomic E-state index is 0.190. The highest BCUT2D eigenvalue weighted by molar-refractivity contribution is 5.68. The van der Waals surface area contributed by atoms with Crippen LogP contribution in [0, 0.1) is 6.92 Å². The molecule has 1 atom stereocenters. The van der Waals surface area contributed by atoms with Crippen LogP contribution in [0.4, 0.5) is 0 Å². The summed E-state index contributed by atoms with van der Waals surface area (Å²) in [6.45, 7) is 1.97. The van der Waals surface area contributed by atoms with E-state index in [9.17, 15) is 0 Å². The van der Waals surface area contributed by atoms with Gasteiger partial charge in [0.05, 0.1) is 24.8 Å². The van der Waals surface area contributed by atoms with Crippen LogP contribution in [-0.2, 0) is 7.05 Å². The fraction of sp³-hybridized carbons (Fsp3) is 0.190. The Bertz CT molecular complexity index is 1450. The van der Waals surface area contributed by atoms with E-state index in [2.05, 4.69) is 25.4 Å². The normalized spacial score (nSPS) is 14.9. The molecule has 31 heavy (non-hydrogen) atoms. The molecule has 0 fully saturated rings. The number of methoxy groups -OCH3 is 1. The first-order valence-electron chi connectivity index (χ1n) is 9.73. The van der Waals surface area contributed by atoms with Gasteiger partial charge < -0.3 is 9.47 Å². The molecule has 5 aromatic rings. The van der Waals surface area contributed by atoms with Gasteiger partial charge in [-0.3, -0.25) is 9.78 Å². The molecule has 10 heteroatoms. The van der Waals surface area contributed by atoms with E-state index in [1.54, 1.807) is 22.6 Å². The number of hydrogen-bond donors (Lipinski definition) is 1. The van der Waals surface area contributed by atoms with Gasteiger partial charge in [0.1, 0.15) is 12.1 Å². The Morgan fingerprint density at radius 2 is 2.10 bits per heavy atom. The molecule has 10 nitrogen and oxygen atoms in total. The number of benzene rings is 1. The van der Waals surface area contributed by atoms with Crippen molar-refractivity contribution >= 4 is 5.65 Å². The fourth-order valence-electron chi connectivity index (χ4n) is 4.07. The Morgan fingerprint density at radius 1 is 1.19 bits per heavy atom. The summed E-state index contributed by atoms with van der Waals surface area (Å²) in [5.41, 5.74) is 5.22. The number of aromatic amines is 1. The van der Waals surface area contributed by atoms with Gasteiger partial charge in [0.15, 0.2) is 11.5 Å². The molecule has 0 unspecified atom stereocenters. The molecule has 0 bridgehead atoms. The standard InChI is InChI=1S/C21H18N8O2/c1-11-15-16(13-8-23-28(2)9-13)17-19-24-18(12-5-4-6-14(7-12)30-3)27-29(19)10-22-20(17)31-21(15)26-25-11/h4-10,16H,1-3H3,(H,25,26)/t16-/m1/s1. The number of fused-ring (bicyclic) bond motifs is 4. The van der Waals surface area contributed by atoms with E-state index < -0.39 is 0 Å². The molecule has 4 aromatic heterocycles. The zero-order valence-electron chi connectivity index (χ0n) is 17.1. The van der Waals surface area contributed by atoms with Crippen LogP contribution in [0.25, 0.3) is 17.0 Å². The number of rotatable bonds is 3. The van der Waals surface area contributed by atoms with Crippen molar-refractivity contribution in [2.24, 2.45) is 7.05 Å². The van der Waals surface area contributed by atoms with Gasteiger partial charge in [-0.15, -0.1) is 10.2 Å². The summed E-state index contributed by atoms with van der Waals surface area (Å²) in [5, 5.41) is 16.4. The van der Waals surface area contributed by atoms with Crippen LogP contribution in [0.5, 0.6) is 17.5 Å². The molecule has 1 aromatic carbocycles. The first kappa shape index (κ1) is 17.6. The minimum atomic E-state index is -0.190. The van der Waals surface area contributed by atoms with Crippen LogP contribution in [-0.4, -0.2) is 46.7 Å². The maximum absolute atomic E-state index is 6.03.